The van der Waals surface area contributed by atoms with Gasteiger partial charge in [0.2, 0.25) is 10.0 Å². The van der Waals surface area contributed by atoms with Crippen LogP contribution >= 0.6 is 0 Å². The summed E-state index contributed by atoms with van der Waals surface area (Å²) in [4.78, 5) is 0.217. The van der Waals surface area contributed by atoms with Crippen LogP contribution in [0.2, 0.25) is 0 Å². The zero-order chi connectivity index (χ0) is 12.2. The molecule has 0 heterocycles. The van der Waals surface area contributed by atoms with Crippen LogP contribution in [0.25, 0.3) is 0 Å². The van der Waals surface area contributed by atoms with Crippen LogP contribution in [0.4, 0.5) is 0 Å². The van der Waals surface area contributed by atoms with Crippen LogP contribution in [0.15, 0.2) is 35.2 Å². The molecule has 0 aliphatic heterocycles. The van der Waals surface area contributed by atoms with Crippen LogP contribution in [-0.2, 0) is 10.0 Å². The summed E-state index contributed by atoms with van der Waals surface area (Å²) in [7, 11) is -3.53. The van der Waals surface area contributed by atoms with Gasteiger partial charge in [0.25, 0.3) is 0 Å². The molecule has 16 heavy (non-hydrogen) atoms. The lowest BCUT2D eigenvalue weighted by atomic mass is 10.1. The molecule has 0 aliphatic carbocycles. The van der Waals surface area contributed by atoms with Crippen LogP contribution < -0.4 is 4.72 Å². The number of sulfonamides is 1. The van der Waals surface area contributed by atoms with Crippen molar-refractivity contribution in [2.75, 3.05) is 6.61 Å². The molecule has 0 bridgehead atoms. The van der Waals surface area contributed by atoms with Gasteiger partial charge in [-0.2, -0.15) is 0 Å². The Morgan fingerprint density at radius 1 is 1.25 bits per heavy atom. The van der Waals surface area contributed by atoms with Crippen LogP contribution in [0.5, 0.6) is 0 Å². The Morgan fingerprint density at radius 3 is 2.25 bits per heavy atom. The molecule has 0 radical (unpaired) electrons. The molecule has 0 saturated heterocycles. The number of hydrogen-bond acceptors (Lipinski definition) is 3. The van der Waals surface area contributed by atoms with E-state index < -0.39 is 16.1 Å². The molecule has 1 rings (SSSR count). The molecule has 5 heteroatoms. The third kappa shape index (κ3) is 3.30. The summed E-state index contributed by atoms with van der Waals surface area (Å²) in [6.45, 7) is 3.51. The van der Waals surface area contributed by atoms with Gasteiger partial charge in [-0.3, -0.25) is 0 Å². The monoisotopic (exact) mass is 243 g/mol. The van der Waals surface area contributed by atoms with E-state index in [-0.39, 0.29) is 17.4 Å². The van der Waals surface area contributed by atoms with Crippen molar-refractivity contribution in [3.63, 3.8) is 0 Å². The molecular weight excluding hydrogens is 226 g/mol. The fourth-order valence-electron chi connectivity index (χ4n) is 1.25. The van der Waals surface area contributed by atoms with Gasteiger partial charge in [-0.25, -0.2) is 13.1 Å². The number of aliphatic hydroxyl groups is 1. The topological polar surface area (TPSA) is 66.4 Å². The zero-order valence-electron chi connectivity index (χ0n) is 9.42. The Bertz CT molecular complexity index is 414. The van der Waals surface area contributed by atoms with Crippen LogP contribution in [-0.4, -0.2) is 26.2 Å². The second kappa shape index (κ2) is 5.43. The molecule has 0 amide bonds. The molecule has 1 aromatic rings. The lowest BCUT2D eigenvalue weighted by Gasteiger charge is -2.19. The largest absolute Gasteiger partial charge is 0.395 e. The number of hydrogen-bond donors (Lipinski definition) is 2. The molecule has 90 valence electrons. The van der Waals surface area contributed by atoms with E-state index in [9.17, 15) is 8.42 Å². The fraction of sp³-hybridized carbons (Fsp3) is 0.455. The highest BCUT2D eigenvalue weighted by Gasteiger charge is 2.21. The van der Waals surface area contributed by atoms with Gasteiger partial charge in [-0.1, -0.05) is 32.0 Å². The van der Waals surface area contributed by atoms with Crippen molar-refractivity contribution >= 4 is 10.0 Å². The summed E-state index contributed by atoms with van der Waals surface area (Å²) in [6.07, 6.45) is 0. The Labute approximate surface area is 96.4 Å². The minimum Gasteiger partial charge on any atom is -0.395 e. The normalized spacial score (nSPS) is 14.0. The maximum atomic E-state index is 11.9. The molecule has 1 atom stereocenters. The van der Waals surface area contributed by atoms with Gasteiger partial charge in [0.15, 0.2) is 0 Å². The molecule has 0 aromatic heterocycles. The molecule has 0 spiro atoms. The van der Waals surface area contributed by atoms with Crippen LogP contribution in [0.3, 0.4) is 0 Å². The van der Waals surface area contributed by atoms with E-state index in [0.29, 0.717) is 0 Å². The SMILES string of the molecule is CC(C)C(CO)NS(=O)(=O)c1ccccc1. The number of nitrogens with one attached hydrogen (secondary N) is 1. The van der Waals surface area contributed by atoms with Gasteiger partial charge >= 0.3 is 0 Å². The van der Waals surface area contributed by atoms with Crippen molar-refractivity contribution in [3.05, 3.63) is 30.3 Å². The molecule has 4 nitrogen and oxygen atoms in total. The van der Waals surface area contributed by atoms with Crippen LogP contribution in [0, 0.1) is 5.92 Å². The fourth-order valence-corrected chi connectivity index (χ4v) is 2.65. The van der Waals surface area contributed by atoms with Gasteiger partial charge in [0.1, 0.15) is 0 Å². The Morgan fingerprint density at radius 2 is 1.81 bits per heavy atom. The number of benzene rings is 1. The lowest BCUT2D eigenvalue weighted by molar-refractivity contribution is 0.227. The van der Waals surface area contributed by atoms with Crippen molar-refractivity contribution in [1.82, 2.24) is 4.72 Å². The first-order valence-corrected chi connectivity index (χ1v) is 6.64. The smallest absolute Gasteiger partial charge is 0.240 e. The van der Waals surface area contributed by atoms with E-state index in [1.165, 1.54) is 12.1 Å². The van der Waals surface area contributed by atoms with Crippen molar-refractivity contribution in [3.8, 4) is 0 Å². The molecule has 0 aliphatic rings. The standard InChI is InChI=1S/C11H17NO3S/c1-9(2)11(8-13)12-16(14,15)10-6-4-3-5-7-10/h3-7,9,11-13H,8H2,1-2H3. The predicted octanol–water partition coefficient (Wildman–Crippen LogP) is 0.982. The minimum absolute atomic E-state index is 0.0449. The Kier molecular flexibility index (Phi) is 4.46. The van der Waals surface area contributed by atoms with Gasteiger partial charge < -0.3 is 5.11 Å². The van der Waals surface area contributed by atoms with E-state index in [1.807, 2.05) is 13.8 Å². The summed E-state index contributed by atoms with van der Waals surface area (Å²) in [5.74, 6) is 0.0449. The Balaban J connectivity index is 2.88. The third-order valence-corrected chi connectivity index (χ3v) is 3.87. The zero-order valence-corrected chi connectivity index (χ0v) is 10.2. The third-order valence-electron chi connectivity index (χ3n) is 2.36. The van der Waals surface area contributed by atoms with Crippen molar-refractivity contribution < 1.29 is 13.5 Å². The summed E-state index contributed by atoms with van der Waals surface area (Å²) < 4.78 is 26.2. The second-order valence-electron chi connectivity index (χ2n) is 3.97. The molecule has 1 unspecified atom stereocenters. The summed E-state index contributed by atoms with van der Waals surface area (Å²) in [5, 5.41) is 9.08. The number of rotatable bonds is 5. The lowest BCUT2D eigenvalue weighted by Crippen LogP contribution is -2.41. The van der Waals surface area contributed by atoms with Gasteiger partial charge in [0, 0.05) is 6.04 Å². The highest BCUT2D eigenvalue weighted by atomic mass is 32.2. The van der Waals surface area contributed by atoms with Crippen molar-refractivity contribution in [2.45, 2.75) is 24.8 Å². The van der Waals surface area contributed by atoms with Gasteiger partial charge in [-0.15, -0.1) is 0 Å². The van der Waals surface area contributed by atoms with E-state index in [1.54, 1.807) is 18.2 Å². The predicted molar refractivity (Wildman–Crippen MR) is 62.5 cm³/mol. The highest BCUT2D eigenvalue weighted by Crippen LogP contribution is 2.10. The molecule has 0 saturated carbocycles. The Hall–Kier alpha value is -0.910. The van der Waals surface area contributed by atoms with E-state index in [4.69, 9.17) is 5.11 Å². The molecule has 0 fully saturated rings. The second-order valence-corrected chi connectivity index (χ2v) is 5.68. The van der Waals surface area contributed by atoms with Crippen molar-refractivity contribution in [2.24, 2.45) is 5.92 Å². The first-order chi connectivity index (χ1) is 7.47. The molecule has 2 N–H and O–H groups in total. The quantitative estimate of drug-likeness (QED) is 0.810. The maximum Gasteiger partial charge on any atom is 0.240 e. The highest BCUT2D eigenvalue weighted by molar-refractivity contribution is 7.89. The molecule has 1 aromatic carbocycles. The van der Waals surface area contributed by atoms with E-state index in [2.05, 4.69) is 4.72 Å². The van der Waals surface area contributed by atoms with E-state index >= 15 is 0 Å². The summed E-state index contributed by atoms with van der Waals surface area (Å²) in [5.41, 5.74) is 0. The number of aliphatic hydroxyl groups excluding tert-OH is 1. The minimum atomic E-state index is -3.53. The first kappa shape index (κ1) is 13.2. The maximum absolute atomic E-state index is 11.9. The molecular formula is C11H17NO3S. The average molecular weight is 243 g/mol. The van der Waals surface area contributed by atoms with E-state index in [0.717, 1.165) is 0 Å². The van der Waals surface area contributed by atoms with Gasteiger partial charge in [0.05, 0.1) is 11.5 Å². The van der Waals surface area contributed by atoms with Crippen molar-refractivity contribution in [1.29, 1.82) is 0 Å². The van der Waals surface area contributed by atoms with Gasteiger partial charge in [-0.05, 0) is 18.1 Å². The first-order valence-electron chi connectivity index (χ1n) is 5.15. The summed E-state index contributed by atoms with van der Waals surface area (Å²) >= 11 is 0. The average Bonchev–Trinajstić information content (AvgIpc) is 2.27. The summed E-state index contributed by atoms with van der Waals surface area (Å²) in [6, 6.07) is 7.68. The van der Waals surface area contributed by atoms with Crippen LogP contribution in [0.1, 0.15) is 13.8 Å².